The summed E-state index contributed by atoms with van der Waals surface area (Å²) in [6, 6.07) is 0.0804. The van der Waals surface area contributed by atoms with Gasteiger partial charge in [-0.1, -0.05) is 0 Å². The Hall–Kier alpha value is -1.36. The van der Waals surface area contributed by atoms with Crippen molar-refractivity contribution in [1.82, 2.24) is 15.1 Å². The van der Waals surface area contributed by atoms with Gasteiger partial charge in [0.05, 0.1) is 24.4 Å². The first-order valence-corrected chi connectivity index (χ1v) is 8.39. The summed E-state index contributed by atoms with van der Waals surface area (Å²) in [4.78, 5) is 12.1. The van der Waals surface area contributed by atoms with Crippen LogP contribution in [0.1, 0.15) is 63.8 Å². The smallest absolute Gasteiger partial charge is 0.246 e. The molecule has 1 amide bonds. The van der Waals surface area contributed by atoms with Gasteiger partial charge in [-0.3, -0.25) is 9.48 Å². The molecule has 3 rings (SSSR count). The molecule has 1 heterocycles. The second-order valence-electron chi connectivity index (χ2n) is 7.60. The zero-order valence-electron chi connectivity index (χ0n) is 13.9. The molecule has 1 aromatic rings. The van der Waals surface area contributed by atoms with Gasteiger partial charge in [-0.05, 0) is 58.8 Å². The Morgan fingerprint density at radius 3 is 2.86 bits per heavy atom. The molecule has 22 heavy (non-hydrogen) atoms. The molecule has 0 aromatic carbocycles. The summed E-state index contributed by atoms with van der Waals surface area (Å²) in [7, 11) is 0. The highest BCUT2D eigenvalue weighted by atomic mass is 16.5. The van der Waals surface area contributed by atoms with E-state index in [0.29, 0.717) is 5.92 Å². The van der Waals surface area contributed by atoms with Crippen molar-refractivity contribution in [2.75, 3.05) is 13.2 Å². The fourth-order valence-electron chi connectivity index (χ4n) is 3.12. The van der Waals surface area contributed by atoms with Gasteiger partial charge in [0.1, 0.15) is 6.61 Å². The van der Waals surface area contributed by atoms with E-state index in [2.05, 4.69) is 35.9 Å². The van der Waals surface area contributed by atoms with Gasteiger partial charge in [0.15, 0.2) is 0 Å². The zero-order chi connectivity index (χ0) is 15.7. The largest absolute Gasteiger partial charge is 0.371 e. The van der Waals surface area contributed by atoms with E-state index >= 15 is 0 Å². The number of rotatable bonds is 5. The summed E-state index contributed by atoms with van der Waals surface area (Å²) in [5.74, 6) is 0.682. The van der Waals surface area contributed by atoms with Crippen LogP contribution in [-0.2, 0) is 21.5 Å². The minimum absolute atomic E-state index is 0.0120. The van der Waals surface area contributed by atoms with Crippen molar-refractivity contribution in [2.24, 2.45) is 5.92 Å². The van der Waals surface area contributed by atoms with E-state index in [1.54, 1.807) is 0 Å². The van der Waals surface area contributed by atoms with Gasteiger partial charge in [0.25, 0.3) is 0 Å². The third-order valence-electron chi connectivity index (χ3n) is 4.44. The normalized spacial score (nSPS) is 21.5. The van der Waals surface area contributed by atoms with Crippen molar-refractivity contribution in [3.63, 3.8) is 0 Å². The van der Waals surface area contributed by atoms with Crippen LogP contribution in [0.15, 0.2) is 6.20 Å². The molecule has 0 radical (unpaired) electrons. The van der Waals surface area contributed by atoms with E-state index in [4.69, 9.17) is 4.74 Å². The molecule has 1 aromatic heterocycles. The van der Waals surface area contributed by atoms with Crippen LogP contribution in [-0.4, -0.2) is 28.9 Å². The van der Waals surface area contributed by atoms with E-state index in [-0.39, 0.29) is 24.1 Å². The fraction of sp³-hybridized carbons (Fsp3) is 0.765. The molecule has 5 nitrogen and oxygen atoms in total. The average Bonchev–Trinajstić information content (AvgIpc) is 3.14. The molecule has 1 saturated carbocycles. The van der Waals surface area contributed by atoms with Crippen LogP contribution < -0.4 is 5.32 Å². The molecule has 0 saturated heterocycles. The monoisotopic (exact) mass is 305 g/mol. The first kappa shape index (κ1) is 15.5. The van der Waals surface area contributed by atoms with Gasteiger partial charge < -0.3 is 10.1 Å². The van der Waals surface area contributed by atoms with Gasteiger partial charge in [-0.2, -0.15) is 5.10 Å². The first-order valence-electron chi connectivity index (χ1n) is 8.39. The molecule has 0 bridgehead atoms. The van der Waals surface area contributed by atoms with Crippen molar-refractivity contribution in [1.29, 1.82) is 0 Å². The van der Waals surface area contributed by atoms with Crippen LogP contribution in [0.3, 0.4) is 0 Å². The third-order valence-corrected chi connectivity index (χ3v) is 4.44. The summed E-state index contributed by atoms with van der Waals surface area (Å²) < 4.78 is 7.58. The zero-order valence-corrected chi connectivity index (χ0v) is 13.9. The number of nitrogens with zero attached hydrogens (tertiary/aromatic N) is 2. The Morgan fingerprint density at radius 1 is 1.41 bits per heavy atom. The average molecular weight is 305 g/mol. The van der Waals surface area contributed by atoms with Crippen molar-refractivity contribution < 1.29 is 9.53 Å². The molecule has 2 aliphatic rings. The van der Waals surface area contributed by atoms with E-state index < -0.39 is 0 Å². The lowest BCUT2D eigenvalue weighted by molar-refractivity contribution is -0.126. The number of hydrogen-bond acceptors (Lipinski definition) is 3. The summed E-state index contributed by atoms with van der Waals surface area (Å²) in [5, 5.41) is 7.67. The van der Waals surface area contributed by atoms with E-state index in [0.717, 1.165) is 25.9 Å². The number of hydrogen-bond donors (Lipinski definition) is 1. The second-order valence-corrected chi connectivity index (χ2v) is 7.60. The molecule has 122 valence electrons. The highest BCUT2D eigenvalue weighted by molar-refractivity contribution is 5.77. The highest BCUT2D eigenvalue weighted by Crippen LogP contribution is 2.32. The topological polar surface area (TPSA) is 56.2 Å². The molecule has 2 aliphatic carbocycles. The van der Waals surface area contributed by atoms with Gasteiger partial charge in [0, 0.05) is 11.3 Å². The Kier molecular flexibility index (Phi) is 4.26. The maximum atomic E-state index is 12.1. The van der Waals surface area contributed by atoms with Gasteiger partial charge in [-0.15, -0.1) is 0 Å². The van der Waals surface area contributed by atoms with Crippen LogP contribution in [0.2, 0.25) is 0 Å². The number of carbonyl (C=O) groups excluding carboxylic acids is 1. The molecule has 0 aliphatic heterocycles. The summed E-state index contributed by atoms with van der Waals surface area (Å²) in [6.45, 7) is 7.39. The van der Waals surface area contributed by atoms with Gasteiger partial charge in [-0.25, -0.2) is 0 Å². The number of fused-ring (bicyclic) bond motifs is 1. The minimum atomic E-state index is -0.0210. The lowest BCUT2D eigenvalue weighted by Crippen LogP contribution is -2.34. The molecule has 0 spiro atoms. The molecule has 1 fully saturated rings. The summed E-state index contributed by atoms with van der Waals surface area (Å²) in [6.07, 6.45) is 7.53. The molecule has 1 atom stereocenters. The lowest BCUT2D eigenvalue weighted by Gasteiger charge is -2.28. The predicted molar refractivity (Wildman–Crippen MR) is 84.6 cm³/mol. The van der Waals surface area contributed by atoms with Crippen molar-refractivity contribution in [3.05, 3.63) is 17.5 Å². The molecular formula is C17H27N3O2. The molecular weight excluding hydrogens is 278 g/mol. The van der Waals surface area contributed by atoms with Gasteiger partial charge >= 0.3 is 0 Å². The Bertz CT molecular complexity index is 541. The first-order chi connectivity index (χ1) is 10.4. The minimum Gasteiger partial charge on any atom is -0.371 e. The maximum Gasteiger partial charge on any atom is 0.246 e. The third kappa shape index (κ3) is 3.51. The number of carbonyl (C=O) groups is 1. The second kappa shape index (κ2) is 6.03. The van der Waals surface area contributed by atoms with E-state index in [1.165, 1.54) is 24.1 Å². The summed E-state index contributed by atoms with van der Waals surface area (Å²) in [5.41, 5.74) is 2.42. The molecule has 1 N–H and O–H groups in total. The Balaban J connectivity index is 1.61. The number of amides is 1. The van der Waals surface area contributed by atoms with Crippen molar-refractivity contribution >= 4 is 5.91 Å². The van der Waals surface area contributed by atoms with E-state index in [9.17, 15) is 4.79 Å². The standard InChI is InChI=1S/C17H27N3O2/c1-17(2,3)20-15-6-4-5-14(13(15)9-18-20)19-16(21)11-22-10-12-7-8-12/h9,12,14H,4-8,10-11H2,1-3H3,(H,19,21)/t14-/m0/s1. The highest BCUT2D eigenvalue weighted by Gasteiger charge is 2.29. The van der Waals surface area contributed by atoms with E-state index in [1.807, 2.05) is 6.20 Å². The Morgan fingerprint density at radius 2 is 2.18 bits per heavy atom. The molecule has 5 heteroatoms. The summed E-state index contributed by atoms with van der Waals surface area (Å²) >= 11 is 0. The van der Waals surface area contributed by atoms with Crippen LogP contribution >= 0.6 is 0 Å². The van der Waals surface area contributed by atoms with Gasteiger partial charge in [0.2, 0.25) is 5.91 Å². The number of ether oxygens (including phenoxy) is 1. The van der Waals surface area contributed by atoms with Crippen molar-refractivity contribution in [3.8, 4) is 0 Å². The predicted octanol–water partition coefficient (Wildman–Crippen LogP) is 2.56. The SMILES string of the molecule is CC(C)(C)n1ncc2c1CCC[C@@H]2NC(=O)COCC1CC1. The van der Waals surface area contributed by atoms with Crippen LogP contribution in [0.5, 0.6) is 0 Å². The van der Waals surface area contributed by atoms with Crippen LogP contribution in [0.25, 0.3) is 0 Å². The lowest BCUT2D eigenvalue weighted by atomic mass is 9.92. The Labute approximate surface area is 132 Å². The van der Waals surface area contributed by atoms with Crippen molar-refractivity contribution in [2.45, 2.75) is 64.5 Å². The quantitative estimate of drug-likeness (QED) is 0.909. The van der Waals surface area contributed by atoms with Crippen LogP contribution in [0.4, 0.5) is 0 Å². The number of nitrogens with one attached hydrogen (secondary N) is 1. The molecule has 0 unspecified atom stereocenters. The van der Waals surface area contributed by atoms with Crippen LogP contribution in [0, 0.1) is 5.92 Å². The maximum absolute atomic E-state index is 12.1. The number of aromatic nitrogens is 2. The fourth-order valence-corrected chi connectivity index (χ4v) is 3.12.